The van der Waals surface area contributed by atoms with E-state index in [9.17, 15) is 10.1 Å². The number of ether oxygens (including phenoxy) is 1. The van der Waals surface area contributed by atoms with E-state index in [0.717, 1.165) is 5.69 Å². The maximum atomic E-state index is 10.7. The Hall–Kier alpha value is -2.76. The van der Waals surface area contributed by atoms with Crippen molar-refractivity contribution in [2.45, 2.75) is 0 Å². The van der Waals surface area contributed by atoms with E-state index in [0.29, 0.717) is 11.4 Å². The lowest BCUT2D eigenvalue weighted by atomic mass is 10.2. The molecular formula is C13H13N3O3. The van der Waals surface area contributed by atoms with Crippen LogP contribution in [0, 0.1) is 10.1 Å². The Morgan fingerprint density at radius 3 is 2.47 bits per heavy atom. The Morgan fingerprint density at radius 2 is 1.84 bits per heavy atom. The number of nitro groups is 1. The molecule has 2 aromatic rings. The van der Waals surface area contributed by atoms with Crippen molar-refractivity contribution in [3.8, 4) is 5.75 Å². The quantitative estimate of drug-likeness (QED) is 0.637. The minimum atomic E-state index is -0.461. The first-order valence-electron chi connectivity index (χ1n) is 5.60. The van der Waals surface area contributed by atoms with Crippen LogP contribution in [0.25, 0.3) is 0 Å². The SMILES string of the molecule is COc1cc([N+](=O)[O-])ccc1NNc1ccccc1. The minimum absolute atomic E-state index is 0.0119. The highest BCUT2D eigenvalue weighted by atomic mass is 16.6. The molecule has 0 aliphatic heterocycles. The summed E-state index contributed by atoms with van der Waals surface area (Å²) in [5.74, 6) is 0.401. The van der Waals surface area contributed by atoms with Gasteiger partial charge in [0.1, 0.15) is 0 Å². The van der Waals surface area contributed by atoms with Crippen molar-refractivity contribution in [3.05, 3.63) is 58.6 Å². The van der Waals surface area contributed by atoms with E-state index < -0.39 is 4.92 Å². The average molecular weight is 259 g/mol. The Balaban J connectivity index is 2.14. The number of nitrogens with one attached hydrogen (secondary N) is 2. The highest BCUT2D eigenvalue weighted by molar-refractivity contribution is 5.63. The summed E-state index contributed by atoms with van der Waals surface area (Å²) < 4.78 is 5.12. The first-order chi connectivity index (χ1) is 9.20. The second-order valence-electron chi connectivity index (χ2n) is 3.76. The van der Waals surface area contributed by atoms with Crippen LogP contribution in [0.2, 0.25) is 0 Å². The van der Waals surface area contributed by atoms with Crippen LogP contribution in [0.5, 0.6) is 5.75 Å². The molecule has 2 N–H and O–H groups in total. The van der Waals surface area contributed by atoms with Crippen molar-refractivity contribution in [3.63, 3.8) is 0 Å². The molecule has 0 atom stereocenters. The molecule has 0 aliphatic rings. The number of hydrazine groups is 1. The average Bonchev–Trinajstić information content (AvgIpc) is 2.45. The molecular weight excluding hydrogens is 246 g/mol. The lowest BCUT2D eigenvalue weighted by Gasteiger charge is -2.12. The first kappa shape index (κ1) is 12.7. The van der Waals surface area contributed by atoms with Crippen LogP contribution >= 0.6 is 0 Å². The van der Waals surface area contributed by atoms with Crippen LogP contribution in [-0.4, -0.2) is 12.0 Å². The van der Waals surface area contributed by atoms with Crippen LogP contribution < -0.4 is 15.6 Å². The topological polar surface area (TPSA) is 76.4 Å². The van der Waals surface area contributed by atoms with E-state index in [1.165, 1.54) is 19.2 Å². The number of rotatable bonds is 5. The zero-order chi connectivity index (χ0) is 13.7. The van der Waals surface area contributed by atoms with Gasteiger partial charge >= 0.3 is 0 Å². The van der Waals surface area contributed by atoms with Gasteiger partial charge in [-0.25, -0.2) is 0 Å². The molecule has 0 saturated heterocycles. The molecule has 0 fully saturated rings. The monoisotopic (exact) mass is 259 g/mol. The van der Waals surface area contributed by atoms with E-state index in [1.54, 1.807) is 6.07 Å². The molecule has 19 heavy (non-hydrogen) atoms. The largest absolute Gasteiger partial charge is 0.494 e. The van der Waals surface area contributed by atoms with E-state index in [4.69, 9.17) is 4.74 Å². The molecule has 6 nitrogen and oxygen atoms in total. The lowest BCUT2D eigenvalue weighted by Crippen LogP contribution is -2.09. The summed E-state index contributed by atoms with van der Waals surface area (Å²) in [5, 5.41) is 10.7. The molecule has 0 bridgehead atoms. The van der Waals surface area contributed by atoms with Crippen molar-refractivity contribution in [1.29, 1.82) is 0 Å². The molecule has 0 aliphatic carbocycles. The summed E-state index contributed by atoms with van der Waals surface area (Å²) in [6.45, 7) is 0. The molecule has 2 aromatic carbocycles. The van der Waals surface area contributed by atoms with Gasteiger partial charge in [0.15, 0.2) is 5.75 Å². The van der Waals surface area contributed by atoms with Gasteiger partial charge in [-0.1, -0.05) is 18.2 Å². The van der Waals surface area contributed by atoms with Gasteiger partial charge in [0.2, 0.25) is 0 Å². The molecule has 0 heterocycles. The van der Waals surface area contributed by atoms with Gasteiger partial charge in [-0.3, -0.25) is 15.5 Å². The van der Waals surface area contributed by atoms with Crippen molar-refractivity contribution in [2.24, 2.45) is 0 Å². The first-order valence-corrected chi connectivity index (χ1v) is 5.60. The summed E-state index contributed by atoms with van der Waals surface area (Å²) in [4.78, 5) is 10.2. The molecule has 0 spiro atoms. The zero-order valence-electron chi connectivity index (χ0n) is 10.3. The third-order valence-corrected chi connectivity index (χ3v) is 2.51. The predicted molar refractivity (Wildman–Crippen MR) is 73.3 cm³/mol. The molecule has 0 amide bonds. The molecule has 0 saturated carbocycles. The molecule has 6 heteroatoms. The van der Waals surface area contributed by atoms with Gasteiger partial charge in [-0.05, 0) is 18.2 Å². The highest BCUT2D eigenvalue weighted by Gasteiger charge is 2.10. The number of para-hydroxylation sites is 1. The second kappa shape index (κ2) is 5.72. The zero-order valence-corrected chi connectivity index (χ0v) is 10.3. The fourth-order valence-corrected chi connectivity index (χ4v) is 1.56. The Kier molecular flexibility index (Phi) is 3.82. The third kappa shape index (κ3) is 3.12. The normalized spacial score (nSPS) is 9.74. The van der Waals surface area contributed by atoms with E-state index in [1.807, 2.05) is 30.3 Å². The van der Waals surface area contributed by atoms with Crippen LogP contribution in [0.3, 0.4) is 0 Å². The minimum Gasteiger partial charge on any atom is -0.494 e. The van der Waals surface area contributed by atoms with Crippen molar-refractivity contribution in [1.82, 2.24) is 0 Å². The van der Waals surface area contributed by atoms with Gasteiger partial charge in [0.25, 0.3) is 5.69 Å². The number of hydrogen-bond donors (Lipinski definition) is 2. The second-order valence-corrected chi connectivity index (χ2v) is 3.76. The Bertz CT molecular complexity index is 573. The van der Waals surface area contributed by atoms with Crippen molar-refractivity contribution in [2.75, 3.05) is 18.0 Å². The summed E-state index contributed by atoms with van der Waals surface area (Å²) in [6, 6.07) is 13.9. The van der Waals surface area contributed by atoms with Crippen LogP contribution in [-0.2, 0) is 0 Å². The maximum absolute atomic E-state index is 10.7. The van der Waals surface area contributed by atoms with Gasteiger partial charge < -0.3 is 10.2 Å². The Morgan fingerprint density at radius 1 is 1.11 bits per heavy atom. The highest BCUT2D eigenvalue weighted by Crippen LogP contribution is 2.28. The maximum Gasteiger partial charge on any atom is 0.273 e. The van der Waals surface area contributed by atoms with E-state index >= 15 is 0 Å². The smallest absolute Gasteiger partial charge is 0.273 e. The molecule has 0 unspecified atom stereocenters. The van der Waals surface area contributed by atoms with E-state index in [-0.39, 0.29) is 5.69 Å². The molecule has 0 radical (unpaired) electrons. The van der Waals surface area contributed by atoms with E-state index in [2.05, 4.69) is 10.9 Å². The van der Waals surface area contributed by atoms with Crippen LogP contribution in [0.4, 0.5) is 17.1 Å². The molecule has 98 valence electrons. The lowest BCUT2D eigenvalue weighted by molar-refractivity contribution is -0.384. The summed E-state index contributed by atoms with van der Waals surface area (Å²) in [6.07, 6.45) is 0. The van der Waals surface area contributed by atoms with Crippen molar-refractivity contribution < 1.29 is 9.66 Å². The van der Waals surface area contributed by atoms with Crippen molar-refractivity contribution >= 4 is 17.1 Å². The summed E-state index contributed by atoms with van der Waals surface area (Å²) >= 11 is 0. The van der Waals surface area contributed by atoms with Crippen LogP contribution in [0.1, 0.15) is 0 Å². The van der Waals surface area contributed by atoms with Gasteiger partial charge in [0, 0.05) is 6.07 Å². The van der Waals surface area contributed by atoms with Gasteiger partial charge in [-0.2, -0.15) is 0 Å². The Labute approximate surface area is 110 Å². The number of anilines is 2. The third-order valence-electron chi connectivity index (χ3n) is 2.51. The molecule has 2 rings (SSSR count). The summed E-state index contributed by atoms with van der Waals surface area (Å²) in [7, 11) is 1.47. The van der Waals surface area contributed by atoms with Gasteiger partial charge in [-0.15, -0.1) is 0 Å². The van der Waals surface area contributed by atoms with Crippen LogP contribution in [0.15, 0.2) is 48.5 Å². The molecule has 0 aromatic heterocycles. The number of hydrogen-bond acceptors (Lipinski definition) is 5. The fraction of sp³-hybridized carbons (Fsp3) is 0.0769. The fourth-order valence-electron chi connectivity index (χ4n) is 1.56. The summed E-state index contributed by atoms with van der Waals surface area (Å²) in [5.41, 5.74) is 7.42. The van der Waals surface area contributed by atoms with Gasteiger partial charge in [0.05, 0.1) is 29.5 Å². The number of benzene rings is 2. The number of methoxy groups -OCH3 is 1. The number of non-ortho nitro benzene ring substituents is 1. The standard InChI is InChI=1S/C13H13N3O3/c1-19-13-9-11(16(17)18)7-8-12(13)15-14-10-5-3-2-4-6-10/h2-9,14-15H,1H3. The number of nitro benzene ring substituents is 1. The predicted octanol–water partition coefficient (Wildman–Crippen LogP) is 3.04. The number of nitrogens with zero attached hydrogens (tertiary/aromatic N) is 1.